The lowest BCUT2D eigenvalue weighted by Gasteiger charge is -2.15. The number of rotatable bonds is 7. The van der Waals surface area contributed by atoms with E-state index in [0.717, 1.165) is 22.4 Å². The van der Waals surface area contributed by atoms with E-state index in [4.69, 9.17) is 13.9 Å². The standard InChI is InChI=1S/C28H27NO5/c1-17(2)22-11-5-18(3)13-27(22)33-16-28(31)29-20-8-6-19(7-9-20)26-15-24(30)23-14-21(32-4)10-12-25(23)34-26/h5-15,17H,16H2,1-4H3,(H,29,31). The van der Waals surface area contributed by atoms with Gasteiger partial charge in [-0.1, -0.05) is 26.0 Å². The highest BCUT2D eigenvalue weighted by Crippen LogP contribution is 2.28. The zero-order valence-electron chi connectivity index (χ0n) is 19.7. The molecule has 6 nitrogen and oxygen atoms in total. The van der Waals surface area contributed by atoms with Crippen LogP contribution < -0.4 is 20.2 Å². The second kappa shape index (κ2) is 9.83. The molecule has 0 aliphatic heterocycles. The summed E-state index contributed by atoms with van der Waals surface area (Å²) in [7, 11) is 1.55. The van der Waals surface area contributed by atoms with Crippen LogP contribution in [0.1, 0.15) is 30.9 Å². The molecule has 0 atom stereocenters. The SMILES string of the molecule is COc1ccc2oc(-c3ccc(NC(=O)COc4cc(C)ccc4C(C)C)cc3)cc(=O)c2c1. The maximum atomic E-state index is 12.5. The molecule has 0 saturated carbocycles. The number of fused-ring (bicyclic) bond motifs is 1. The van der Waals surface area contributed by atoms with Crippen molar-refractivity contribution in [2.24, 2.45) is 0 Å². The summed E-state index contributed by atoms with van der Waals surface area (Å²) in [6.07, 6.45) is 0. The molecule has 0 unspecified atom stereocenters. The molecule has 1 amide bonds. The van der Waals surface area contributed by atoms with Crippen LogP contribution in [-0.4, -0.2) is 19.6 Å². The number of hydrogen-bond donors (Lipinski definition) is 1. The molecular weight excluding hydrogens is 430 g/mol. The molecule has 174 valence electrons. The van der Waals surface area contributed by atoms with Gasteiger partial charge in [-0.2, -0.15) is 0 Å². The Morgan fingerprint density at radius 3 is 2.47 bits per heavy atom. The van der Waals surface area contributed by atoms with Gasteiger partial charge in [0.1, 0.15) is 22.8 Å². The second-order valence-electron chi connectivity index (χ2n) is 8.45. The predicted octanol–water partition coefficient (Wildman–Crippen LogP) is 5.92. The van der Waals surface area contributed by atoms with E-state index >= 15 is 0 Å². The van der Waals surface area contributed by atoms with Crippen molar-refractivity contribution in [2.45, 2.75) is 26.7 Å². The van der Waals surface area contributed by atoms with Gasteiger partial charge in [0.25, 0.3) is 5.91 Å². The first-order chi connectivity index (χ1) is 16.3. The van der Waals surface area contributed by atoms with Gasteiger partial charge in [0, 0.05) is 17.3 Å². The van der Waals surface area contributed by atoms with Gasteiger partial charge >= 0.3 is 0 Å². The molecule has 4 aromatic rings. The fourth-order valence-corrected chi connectivity index (χ4v) is 3.71. The van der Waals surface area contributed by atoms with Gasteiger partial charge in [0.15, 0.2) is 12.0 Å². The van der Waals surface area contributed by atoms with Crippen LogP contribution >= 0.6 is 0 Å². The summed E-state index contributed by atoms with van der Waals surface area (Å²) in [6.45, 7) is 6.09. The quantitative estimate of drug-likeness (QED) is 0.373. The number of carbonyl (C=O) groups excluding carboxylic acids is 1. The predicted molar refractivity (Wildman–Crippen MR) is 134 cm³/mol. The summed E-state index contributed by atoms with van der Waals surface area (Å²) in [5.41, 5.74) is 3.83. The highest BCUT2D eigenvalue weighted by molar-refractivity contribution is 5.92. The molecule has 0 saturated heterocycles. The molecule has 0 fully saturated rings. The normalized spacial score (nSPS) is 11.0. The van der Waals surface area contributed by atoms with Gasteiger partial charge < -0.3 is 19.2 Å². The average molecular weight is 458 g/mol. The van der Waals surface area contributed by atoms with Crippen molar-refractivity contribution >= 4 is 22.6 Å². The van der Waals surface area contributed by atoms with Crippen LogP contribution in [0.2, 0.25) is 0 Å². The molecule has 34 heavy (non-hydrogen) atoms. The number of ether oxygens (including phenoxy) is 2. The van der Waals surface area contributed by atoms with E-state index in [-0.39, 0.29) is 17.9 Å². The summed E-state index contributed by atoms with van der Waals surface area (Å²) in [5, 5.41) is 3.30. The van der Waals surface area contributed by atoms with Gasteiger partial charge in [0.05, 0.1) is 12.5 Å². The Hall–Kier alpha value is -4.06. The van der Waals surface area contributed by atoms with E-state index in [2.05, 4.69) is 19.2 Å². The molecule has 0 aliphatic carbocycles. The van der Waals surface area contributed by atoms with Gasteiger partial charge in [0.2, 0.25) is 0 Å². The van der Waals surface area contributed by atoms with Crippen LogP contribution in [0.4, 0.5) is 5.69 Å². The highest BCUT2D eigenvalue weighted by Gasteiger charge is 2.12. The van der Waals surface area contributed by atoms with Crippen molar-refractivity contribution in [3.8, 4) is 22.8 Å². The summed E-state index contributed by atoms with van der Waals surface area (Å²) < 4.78 is 16.9. The largest absolute Gasteiger partial charge is 0.497 e. The van der Waals surface area contributed by atoms with Crippen molar-refractivity contribution in [1.82, 2.24) is 0 Å². The third-order valence-electron chi connectivity index (χ3n) is 5.54. The fourth-order valence-electron chi connectivity index (χ4n) is 3.71. The van der Waals surface area contributed by atoms with Crippen LogP contribution in [0.5, 0.6) is 11.5 Å². The van der Waals surface area contributed by atoms with Crippen molar-refractivity contribution in [1.29, 1.82) is 0 Å². The smallest absolute Gasteiger partial charge is 0.262 e. The molecule has 0 aliphatic rings. The lowest BCUT2D eigenvalue weighted by Crippen LogP contribution is -2.20. The molecule has 3 aromatic carbocycles. The number of anilines is 1. The number of nitrogens with one attached hydrogen (secondary N) is 1. The molecule has 0 radical (unpaired) electrons. The monoisotopic (exact) mass is 457 g/mol. The maximum Gasteiger partial charge on any atom is 0.262 e. The van der Waals surface area contributed by atoms with E-state index < -0.39 is 0 Å². The van der Waals surface area contributed by atoms with Gasteiger partial charge in [-0.05, 0) is 72.5 Å². The first kappa shape index (κ1) is 23.1. The van der Waals surface area contributed by atoms with E-state index in [1.807, 2.05) is 25.1 Å². The molecule has 0 bridgehead atoms. The molecule has 6 heteroatoms. The number of hydrogen-bond acceptors (Lipinski definition) is 5. The minimum Gasteiger partial charge on any atom is -0.497 e. The van der Waals surface area contributed by atoms with Crippen LogP contribution in [0.3, 0.4) is 0 Å². The molecule has 1 heterocycles. The van der Waals surface area contributed by atoms with Crippen LogP contribution in [0.15, 0.2) is 75.9 Å². The number of carbonyl (C=O) groups is 1. The number of benzene rings is 3. The molecule has 0 spiro atoms. The van der Waals surface area contributed by atoms with Crippen LogP contribution in [-0.2, 0) is 4.79 Å². The fraction of sp³-hybridized carbons (Fsp3) is 0.214. The Kier molecular flexibility index (Phi) is 6.68. The van der Waals surface area contributed by atoms with Crippen molar-refractivity contribution in [3.05, 3.63) is 88.1 Å². The Morgan fingerprint density at radius 2 is 1.76 bits per heavy atom. The van der Waals surface area contributed by atoms with Crippen LogP contribution in [0.25, 0.3) is 22.3 Å². The number of methoxy groups -OCH3 is 1. The van der Waals surface area contributed by atoms with Crippen molar-refractivity contribution in [2.75, 3.05) is 19.0 Å². The van der Waals surface area contributed by atoms with Crippen LogP contribution in [0, 0.1) is 6.92 Å². The zero-order valence-corrected chi connectivity index (χ0v) is 19.7. The molecule has 1 aromatic heterocycles. The minimum atomic E-state index is -0.254. The van der Waals surface area contributed by atoms with E-state index in [1.165, 1.54) is 6.07 Å². The second-order valence-corrected chi connectivity index (χ2v) is 8.45. The Morgan fingerprint density at radius 1 is 1.00 bits per heavy atom. The first-order valence-electron chi connectivity index (χ1n) is 11.1. The Bertz CT molecular complexity index is 1390. The third kappa shape index (κ3) is 5.12. The summed E-state index contributed by atoms with van der Waals surface area (Å²) in [6, 6.07) is 19.7. The molecule has 4 rings (SSSR count). The molecular formula is C28H27NO5. The number of amides is 1. The third-order valence-corrected chi connectivity index (χ3v) is 5.54. The highest BCUT2D eigenvalue weighted by atomic mass is 16.5. The topological polar surface area (TPSA) is 77.8 Å². The average Bonchev–Trinajstić information content (AvgIpc) is 2.83. The first-order valence-corrected chi connectivity index (χ1v) is 11.1. The molecule has 1 N–H and O–H groups in total. The van der Waals surface area contributed by atoms with E-state index in [9.17, 15) is 9.59 Å². The van der Waals surface area contributed by atoms with E-state index in [1.54, 1.807) is 49.6 Å². The van der Waals surface area contributed by atoms with Crippen molar-refractivity contribution < 1.29 is 18.7 Å². The van der Waals surface area contributed by atoms with Crippen molar-refractivity contribution in [3.63, 3.8) is 0 Å². The van der Waals surface area contributed by atoms with Gasteiger partial charge in [-0.15, -0.1) is 0 Å². The lowest BCUT2D eigenvalue weighted by molar-refractivity contribution is -0.118. The summed E-state index contributed by atoms with van der Waals surface area (Å²) >= 11 is 0. The minimum absolute atomic E-state index is 0.0893. The maximum absolute atomic E-state index is 12.5. The Labute approximate surface area is 198 Å². The number of aryl methyl sites for hydroxylation is 1. The van der Waals surface area contributed by atoms with Gasteiger partial charge in [-0.25, -0.2) is 0 Å². The Balaban J connectivity index is 1.45. The lowest BCUT2D eigenvalue weighted by atomic mass is 10.0. The van der Waals surface area contributed by atoms with E-state index in [0.29, 0.717) is 34.1 Å². The summed E-state index contributed by atoms with van der Waals surface area (Å²) in [4.78, 5) is 25.0. The zero-order chi connectivity index (χ0) is 24.2. The summed E-state index contributed by atoms with van der Waals surface area (Å²) in [5.74, 6) is 1.81. The van der Waals surface area contributed by atoms with Gasteiger partial charge in [-0.3, -0.25) is 9.59 Å².